The molecule has 0 aromatic heterocycles. The number of ether oxygens (including phenoxy) is 1. The lowest BCUT2D eigenvalue weighted by Gasteiger charge is -2.20. The fourth-order valence-corrected chi connectivity index (χ4v) is 3.50. The van der Waals surface area contributed by atoms with Gasteiger partial charge in [-0.2, -0.15) is 0 Å². The highest BCUT2D eigenvalue weighted by Crippen LogP contribution is 2.14. The molecule has 2 rings (SSSR count). The molecule has 0 bridgehead atoms. The number of halogens is 1. The van der Waals surface area contributed by atoms with Crippen LogP contribution in [-0.2, 0) is 22.3 Å². The standard InChI is InChI=1S/C21H29FN4O3S/c1-4-19(29-20-10-6-9-18(22)12-20)14-26-21(23-2)25-13-16-7-5-8-17(11-16)15-30(27,28)24-3/h5-12,19,24H,4,13-15H2,1-3H3,(H2,23,25,26). The zero-order chi connectivity index (χ0) is 22.0. The second-order valence-corrected chi connectivity index (χ2v) is 8.62. The van der Waals surface area contributed by atoms with Crippen LogP contribution in [0.25, 0.3) is 0 Å². The van der Waals surface area contributed by atoms with Gasteiger partial charge in [-0.3, -0.25) is 4.99 Å². The number of rotatable bonds is 10. The molecular formula is C21H29FN4O3S. The van der Waals surface area contributed by atoms with E-state index in [1.54, 1.807) is 25.2 Å². The van der Waals surface area contributed by atoms with Gasteiger partial charge in [-0.1, -0.05) is 37.3 Å². The van der Waals surface area contributed by atoms with Crippen molar-refractivity contribution < 1.29 is 17.5 Å². The van der Waals surface area contributed by atoms with Gasteiger partial charge in [0.25, 0.3) is 0 Å². The van der Waals surface area contributed by atoms with Crippen LogP contribution < -0.4 is 20.1 Å². The molecule has 3 N–H and O–H groups in total. The summed E-state index contributed by atoms with van der Waals surface area (Å²) in [4.78, 5) is 4.20. The SMILES string of the molecule is CCC(CNC(=NC)NCc1cccc(CS(=O)(=O)NC)c1)Oc1cccc(F)c1. The normalized spacial score (nSPS) is 13.0. The van der Waals surface area contributed by atoms with E-state index in [2.05, 4.69) is 20.3 Å². The molecule has 0 radical (unpaired) electrons. The van der Waals surface area contributed by atoms with Crippen LogP contribution >= 0.6 is 0 Å². The first-order chi connectivity index (χ1) is 14.3. The van der Waals surface area contributed by atoms with E-state index in [1.165, 1.54) is 19.2 Å². The van der Waals surface area contributed by atoms with Gasteiger partial charge in [-0.05, 0) is 36.7 Å². The molecule has 30 heavy (non-hydrogen) atoms. The summed E-state index contributed by atoms with van der Waals surface area (Å²) in [5, 5.41) is 6.40. The molecule has 0 saturated carbocycles. The highest BCUT2D eigenvalue weighted by Gasteiger charge is 2.11. The van der Waals surface area contributed by atoms with Gasteiger partial charge < -0.3 is 15.4 Å². The second-order valence-electron chi connectivity index (χ2n) is 6.70. The molecule has 0 aliphatic heterocycles. The first-order valence-electron chi connectivity index (χ1n) is 9.71. The molecule has 0 aliphatic rings. The Balaban J connectivity index is 1.88. The van der Waals surface area contributed by atoms with Gasteiger partial charge in [0, 0.05) is 19.7 Å². The van der Waals surface area contributed by atoms with Gasteiger partial charge in [-0.25, -0.2) is 17.5 Å². The highest BCUT2D eigenvalue weighted by atomic mass is 32.2. The van der Waals surface area contributed by atoms with Gasteiger partial charge in [0.1, 0.15) is 17.7 Å². The molecule has 1 unspecified atom stereocenters. The van der Waals surface area contributed by atoms with Gasteiger partial charge >= 0.3 is 0 Å². The average molecular weight is 437 g/mol. The molecule has 0 spiro atoms. The topological polar surface area (TPSA) is 91.8 Å². The maximum atomic E-state index is 13.3. The third kappa shape index (κ3) is 8.00. The van der Waals surface area contributed by atoms with Crippen molar-refractivity contribution in [3.05, 3.63) is 65.5 Å². The zero-order valence-corrected chi connectivity index (χ0v) is 18.3. The fourth-order valence-electron chi connectivity index (χ4n) is 2.74. The molecule has 164 valence electrons. The number of aliphatic imine (C=N–C) groups is 1. The Bertz CT molecular complexity index is 951. The smallest absolute Gasteiger partial charge is 0.215 e. The summed E-state index contributed by atoms with van der Waals surface area (Å²) in [6.45, 7) is 2.97. The van der Waals surface area contributed by atoms with Crippen LogP contribution in [-0.4, -0.2) is 41.1 Å². The summed E-state index contributed by atoms with van der Waals surface area (Å²) in [5.41, 5.74) is 1.64. The first kappa shape index (κ1) is 23.6. The molecule has 2 aromatic carbocycles. The predicted octanol–water partition coefficient (Wildman–Crippen LogP) is 2.40. The predicted molar refractivity (Wildman–Crippen MR) is 117 cm³/mol. The second kappa shape index (κ2) is 11.5. The third-order valence-electron chi connectivity index (χ3n) is 4.39. The van der Waals surface area contributed by atoms with Crippen molar-refractivity contribution in [1.82, 2.24) is 15.4 Å². The van der Waals surface area contributed by atoms with E-state index in [-0.39, 0.29) is 17.7 Å². The molecular weight excluding hydrogens is 407 g/mol. The van der Waals surface area contributed by atoms with E-state index in [4.69, 9.17) is 4.74 Å². The van der Waals surface area contributed by atoms with Crippen molar-refractivity contribution in [1.29, 1.82) is 0 Å². The van der Waals surface area contributed by atoms with Crippen LogP contribution in [0.3, 0.4) is 0 Å². The lowest BCUT2D eigenvalue weighted by molar-refractivity contribution is 0.199. The van der Waals surface area contributed by atoms with Crippen LogP contribution in [0, 0.1) is 5.82 Å². The number of hydrogen-bond donors (Lipinski definition) is 3. The zero-order valence-electron chi connectivity index (χ0n) is 17.5. The van der Waals surface area contributed by atoms with E-state index in [0.29, 0.717) is 30.4 Å². The van der Waals surface area contributed by atoms with Crippen molar-refractivity contribution in [3.8, 4) is 5.75 Å². The van der Waals surface area contributed by atoms with E-state index in [1.807, 2.05) is 25.1 Å². The minimum absolute atomic E-state index is 0.0695. The van der Waals surface area contributed by atoms with E-state index in [0.717, 1.165) is 12.0 Å². The van der Waals surface area contributed by atoms with Crippen LogP contribution in [0.2, 0.25) is 0 Å². The number of benzene rings is 2. The molecule has 0 heterocycles. The van der Waals surface area contributed by atoms with Crippen molar-refractivity contribution in [2.24, 2.45) is 4.99 Å². The third-order valence-corrected chi connectivity index (χ3v) is 5.73. The molecule has 7 nitrogen and oxygen atoms in total. The molecule has 0 saturated heterocycles. The lowest BCUT2D eigenvalue weighted by Crippen LogP contribution is -2.42. The maximum absolute atomic E-state index is 13.3. The lowest BCUT2D eigenvalue weighted by atomic mass is 10.1. The van der Waals surface area contributed by atoms with Crippen LogP contribution in [0.15, 0.2) is 53.5 Å². The summed E-state index contributed by atoms with van der Waals surface area (Å²) in [5.74, 6) is 0.668. The Labute approximate surface area is 177 Å². The summed E-state index contributed by atoms with van der Waals surface area (Å²) >= 11 is 0. The van der Waals surface area contributed by atoms with Gasteiger partial charge in [0.15, 0.2) is 5.96 Å². The van der Waals surface area contributed by atoms with E-state index < -0.39 is 10.0 Å². The number of hydrogen-bond acceptors (Lipinski definition) is 4. The van der Waals surface area contributed by atoms with Crippen molar-refractivity contribution in [3.63, 3.8) is 0 Å². The van der Waals surface area contributed by atoms with Crippen LogP contribution in [0.5, 0.6) is 5.75 Å². The number of nitrogens with one attached hydrogen (secondary N) is 3. The minimum Gasteiger partial charge on any atom is -0.489 e. The largest absolute Gasteiger partial charge is 0.489 e. The van der Waals surface area contributed by atoms with E-state index in [9.17, 15) is 12.8 Å². The molecule has 0 fully saturated rings. The molecule has 9 heteroatoms. The number of sulfonamides is 1. The Morgan fingerprint density at radius 1 is 1.13 bits per heavy atom. The summed E-state index contributed by atoms with van der Waals surface area (Å²) in [7, 11) is -0.252. The quantitative estimate of drug-likeness (QED) is 0.393. The summed E-state index contributed by atoms with van der Waals surface area (Å²) in [6.07, 6.45) is 0.586. The van der Waals surface area contributed by atoms with Crippen molar-refractivity contribution >= 4 is 16.0 Å². The Morgan fingerprint density at radius 2 is 1.87 bits per heavy atom. The molecule has 1 atom stereocenters. The first-order valence-corrected chi connectivity index (χ1v) is 11.4. The minimum atomic E-state index is -3.32. The summed E-state index contributed by atoms with van der Waals surface area (Å²) < 4.78 is 44.9. The van der Waals surface area contributed by atoms with Crippen molar-refractivity contribution in [2.75, 3.05) is 20.6 Å². The van der Waals surface area contributed by atoms with Crippen LogP contribution in [0.4, 0.5) is 4.39 Å². The molecule has 2 aromatic rings. The van der Waals surface area contributed by atoms with Gasteiger partial charge in [0.05, 0.1) is 12.3 Å². The Hall–Kier alpha value is -2.65. The Morgan fingerprint density at radius 3 is 2.53 bits per heavy atom. The molecule has 0 aliphatic carbocycles. The summed E-state index contributed by atoms with van der Waals surface area (Å²) in [6, 6.07) is 13.4. The number of guanidine groups is 1. The van der Waals surface area contributed by atoms with Gasteiger partial charge in [0.2, 0.25) is 10.0 Å². The highest BCUT2D eigenvalue weighted by molar-refractivity contribution is 7.88. The monoisotopic (exact) mass is 436 g/mol. The van der Waals surface area contributed by atoms with Crippen LogP contribution in [0.1, 0.15) is 24.5 Å². The molecule has 0 amide bonds. The Kier molecular flexibility index (Phi) is 9.07. The van der Waals surface area contributed by atoms with E-state index >= 15 is 0 Å². The van der Waals surface area contributed by atoms with Crippen molar-refractivity contribution in [2.45, 2.75) is 31.7 Å². The average Bonchev–Trinajstić information content (AvgIpc) is 2.73. The fraction of sp³-hybridized carbons (Fsp3) is 0.381. The maximum Gasteiger partial charge on any atom is 0.215 e. The van der Waals surface area contributed by atoms with Gasteiger partial charge in [-0.15, -0.1) is 0 Å². The number of nitrogens with zero attached hydrogens (tertiary/aromatic N) is 1.